The highest BCUT2D eigenvalue weighted by atomic mass is 16.5. The number of aromatic nitrogens is 3. The van der Waals surface area contributed by atoms with Crippen molar-refractivity contribution < 1.29 is 9.32 Å². The minimum atomic E-state index is -0.0730. The van der Waals surface area contributed by atoms with Crippen LogP contribution >= 0.6 is 0 Å². The average molecular weight is 396 g/mol. The summed E-state index contributed by atoms with van der Waals surface area (Å²) in [5.41, 5.74) is 14.0. The summed E-state index contributed by atoms with van der Waals surface area (Å²) >= 11 is 0. The summed E-state index contributed by atoms with van der Waals surface area (Å²) in [6, 6.07) is 13.7. The predicted octanol–water partition coefficient (Wildman–Crippen LogP) is 4.44. The van der Waals surface area contributed by atoms with Crippen molar-refractivity contribution in [3.63, 3.8) is 0 Å². The molecule has 0 spiro atoms. The number of hydrogen-bond donors (Lipinski definition) is 1. The predicted molar refractivity (Wildman–Crippen MR) is 114 cm³/mol. The van der Waals surface area contributed by atoms with Gasteiger partial charge in [-0.25, -0.2) is 9.97 Å². The van der Waals surface area contributed by atoms with Crippen LogP contribution in [0.2, 0.25) is 0 Å². The van der Waals surface area contributed by atoms with Gasteiger partial charge in [0.25, 0.3) is 0 Å². The minimum absolute atomic E-state index is 0.0730. The summed E-state index contributed by atoms with van der Waals surface area (Å²) in [5, 5.41) is 4.05. The summed E-state index contributed by atoms with van der Waals surface area (Å²) in [4.78, 5) is 22.3. The number of fused-ring (bicyclic) bond motifs is 3. The number of nitrogens with two attached hydrogens (primary N) is 1. The number of aryl methyl sites for hydroxylation is 3. The first-order valence-corrected chi connectivity index (χ1v) is 9.77. The fraction of sp³-hybridized carbons (Fsp3) is 0.167. The highest BCUT2D eigenvalue weighted by Crippen LogP contribution is 2.42. The van der Waals surface area contributed by atoms with Gasteiger partial charge in [-0.3, -0.25) is 4.79 Å². The van der Waals surface area contributed by atoms with E-state index in [-0.39, 0.29) is 11.7 Å². The molecule has 6 heteroatoms. The standard InChI is InChI=1S/C24H20N4O2/c1-12-7-9-15(10-8-12)21-20-22(27-24(25)26-21)19-16(5-4-6-17(19)23(20)29)11-18-13(2)28-30-14(18)3/h4-10H,11H2,1-3H3,(H2,25,26,27). The van der Waals surface area contributed by atoms with Crippen LogP contribution in [0.25, 0.3) is 22.5 Å². The van der Waals surface area contributed by atoms with Crippen LogP contribution in [0, 0.1) is 20.8 Å². The maximum absolute atomic E-state index is 13.4. The Labute approximate surface area is 173 Å². The van der Waals surface area contributed by atoms with Gasteiger partial charge in [-0.15, -0.1) is 0 Å². The van der Waals surface area contributed by atoms with Gasteiger partial charge in [0.15, 0.2) is 5.78 Å². The molecule has 2 aromatic carbocycles. The quantitative estimate of drug-likeness (QED) is 0.484. The molecule has 30 heavy (non-hydrogen) atoms. The SMILES string of the molecule is Cc1ccc(-c2nc(N)nc3c2C(=O)c2cccc(Cc4c(C)noc4C)c2-3)cc1. The number of anilines is 1. The van der Waals surface area contributed by atoms with Crippen LogP contribution in [-0.4, -0.2) is 20.9 Å². The monoisotopic (exact) mass is 396 g/mol. The van der Waals surface area contributed by atoms with Gasteiger partial charge in [-0.05, 0) is 26.3 Å². The molecule has 148 valence electrons. The van der Waals surface area contributed by atoms with E-state index >= 15 is 0 Å². The van der Waals surface area contributed by atoms with E-state index in [1.54, 1.807) is 0 Å². The number of ketones is 1. The Hall–Kier alpha value is -3.80. The molecule has 0 saturated heterocycles. The third-order valence-corrected chi connectivity index (χ3v) is 5.66. The molecule has 2 heterocycles. The van der Waals surface area contributed by atoms with Crippen LogP contribution in [0.15, 0.2) is 47.0 Å². The van der Waals surface area contributed by atoms with Crippen molar-refractivity contribution >= 4 is 11.7 Å². The molecule has 2 aromatic heterocycles. The molecule has 0 saturated carbocycles. The molecular weight excluding hydrogens is 376 g/mol. The van der Waals surface area contributed by atoms with E-state index in [9.17, 15) is 4.79 Å². The zero-order valence-electron chi connectivity index (χ0n) is 17.0. The van der Waals surface area contributed by atoms with E-state index in [0.717, 1.165) is 39.3 Å². The maximum Gasteiger partial charge on any atom is 0.221 e. The summed E-state index contributed by atoms with van der Waals surface area (Å²) in [6.07, 6.45) is 0.598. The number of nitrogen functional groups attached to an aromatic ring is 1. The fourth-order valence-corrected chi connectivity index (χ4v) is 4.09. The minimum Gasteiger partial charge on any atom is -0.368 e. The van der Waals surface area contributed by atoms with Gasteiger partial charge in [0.1, 0.15) is 5.76 Å². The lowest BCUT2D eigenvalue weighted by Gasteiger charge is -2.10. The molecule has 4 aromatic rings. The molecule has 0 unspecified atom stereocenters. The van der Waals surface area contributed by atoms with Crippen LogP contribution in [0.5, 0.6) is 0 Å². The van der Waals surface area contributed by atoms with Gasteiger partial charge in [-0.2, -0.15) is 0 Å². The van der Waals surface area contributed by atoms with Gasteiger partial charge in [-0.1, -0.05) is 53.2 Å². The molecule has 1 aliphatic carbocycles. The number of rotatable bonds is 3. The maximum atomic E-state index is 13.4. The molecular formula is C24H20N4O2. The van der Waals surface area contributed by atoms with Crippen molar-refractivity contribution in [1.82, 2.24) is 15.1 Å². The van der Waals surface area contributed by atoms with E-state index < -0.39 is 0 Å². The summed E-state index contributed by atoms with van der Waals surface area (Å²) < 4.78 is 5.32. The molecule has 0 aliphatic heterocycles. The Morgan fingerprint density at radius 1 is 0.933 bits per heavy atom. The largest absolute Gasteiger partial charge is 0.368 e. The van der Waals surface area contributed by atoms with E-state index in [1.807, 2.05) is 63.2 Å². The van der Waals surface area contributed by atoms with Gasteiger partial charge < -0.3 is 10.3 Å². The number of nitrogens with zero attached hydrogens (tertiary/aromatic N) is 3. The van der Waals surface area contributed by atoms with Gasteiger partial charge >= 0.3 is 0 Å². The van der Waals surface area contributed by atoms with E-state index in [4.69, 9.17) is 10.3 Å². The van der Waals surface area contributed by atoms with Gasteiger partial charge in [0.2, 0.25) is 5.95 Å². The van der Waals surface area contributed by atoms with Crippen molar-refractivity contribution in [1.29, 1.82) is 0 Å². The van der Waals surface area contributed by atoms with Crippen molar-refractivity contribution in [2.45, 2.75) is 27.2 Å². The second-order valence-corrected chi connectivity index (χ2v) is 7.67. The molecule has 6 nitrogen and oxygen atoms in total. The lowest BCUT2D eigenvalue weighted by atomic mass is 9.95. The smallest absolute Gasteiger partial charge is 0.221 e. The topological polar surface area (TPSA) is 94.9 Å². The van der Waals surface area contributed by atoms with Crippen molar-refractivity contribution in [2.24, 2.45) is 0 Å². The number of benzene rings is 2. The van der Waals surface area contributed by atoms with Crippen LogP contribution in [-0.2, 0) is 6.42 Å². The van der Waals surface area contributed by atoms with E-state index in [2.05, 4.69) is 15.1 Å². The second-order valence-electron chi connectivity index (χ2n) is 7.67. The first-order chi connectivity index (χ1) is 14.4. The lowest BCUT2D eigenvalue weighted by molar-refractivity contribution is 0.104. The molecule has 0 amide bonds. The van der Waals surface area contributed by atoms with Crippen LogP contribution in [0.3, 0.4) is 0 Å². The van der Waals surface area contributed by atoms with Crippen molar-refractivity contribution in [3.05, 3.63) is 81.7 Å². The molecule has 2 N–H and O–H groups in total. The molecule has 1 aliphatic rings. The van der Waals surface area contributed by atoms with E-state index in [0.29, 0.717) is 28.9 Å². The van der Waals surface area contributed by atoms with Crippen LogP contribution < -0.4 is 5.73 Å². The van der Waals surface area contributed by atoms with E-state index in [1.165, 1.54) is 0 Å². The number of hydrogen-bond acceptors (Lipinski definition) is 6. The third-order valence-electron chi connectivity index (χ3n) is 5.66. The van der Waals surface area contributed by atoms with Crippen molar-refractivity contribution in [2.75, 3.05) is 5.73 Å². The zero-order valence-corrected chi connectivity index (χ0v) is 17.0. The molecule has 0 atom stereocenters. The highest BCUT2D eigenvalue weighted by molar-refractivity contribution is 6.24. The first-order valence-electron chi connectivity index (χ1n) is 9.77. The van der Waals surface area contributed by atoms with Gasteiger partial charge in [0.05, 0.1) is 22.6 Å². The highest BCUT2D eigenvalue weighted by Gasteiger charge is 2.34. The normalized spacial score (nSPS) is 12.2. The Kier molecular flexibility index (Phi) is 4.03. The summed E-state index contributed by atoms with van der Waals surface area (Å²) in [7, 11) is 0. The molecule has 0 bridgehead atoms. The molecule has 5 rings (SSSR count). The Morgan fingerprint density at radius 3 is 2.37 bits per heavy atom. The first kappa shape index (κ1) is 18.2. The third kappa shape index (κ3) is 2.72. The second kappa shape index (κ2) is 6.62. The van der Waals surface area contributed by atoms with Crippen molar-refractivity contribution in [3.8, 4) is 22.5 Å². The van der Waals surface area contributed by atoms with Crippen LogP contribution in [0.4, 0.5) is 5.95 Å². The Bertz CT molecular complexity index is 1300. The zero-order chi connectivity index (χ0) is 21.0. The average Bonchev–Trinajstić information content (AvgIpc) is 3.20. The number of carbonyl (C=O) groups excluding carboxylic acids is 1. The lowest BCUT2D eigenvalue weighted by Crippen LogP contribution is -2.05. The van der Waals surface area contributed by atoms with Gasteiger partial charge in [0, 0.05) is 28.7 Å². The molecule has 0 fully saturated rings. The number of carbonyl (C=O) groups is 1. The summed E-state index contributed by atoms with van der Waals surface area (Å²) in [6.45, 7) is 5.83. The van der Waals surface area contributed by atoms with Crippen LogP contribution in [0.1, 0.15) is 44.1 Å². The molecule has 0 radical (unpaired) electrons. The Morgan fingerprint density at radius 2 is 1.67 bits per heavy atom. The fourth-order valence-electron chi connectivity index (χ4n) is 4.09. The summed E-state index contributed by atoms with van der Waals surface area (Å²) in [5.74, 6) is 0.852. The Balaban J connectivity index is 1.72.